The molecule has 1 aliphatic carbocycles. The Morgan fingerprint density at radius 3 is 2.84 bits per heavy atom. The van der Waals surface area contributed by atoms with E-state index >= 15 is 0 Å². The van der Waals surface area contributed by atoms with Gasteiger partial charge in [-0.05, 0) is 38.9 Å². The summed E-state index contributed by atoms with van der Waals surface area (Å²) < 4.78 is 5.36. The standard InChI is InChI=1S/C16H23NO2/c1-17(11-10-13-7-5-8-15(13)18)12-14-6-3-4-9-16(14)19-2/h3-4,6,9,13H,5,7-8,10-12H2,1-2H3. The number of para-hydroxylation sites is 1. The Bertz CT molecular complexity index is 431. The van der Waals surface area contributed by atoms with Crippen molar-refractivity contribution in [3.8, 4) is 5.75 Å². The van der Waals surface area contributed by atoms with Gasteiger partial charge >= 0.3 is 0 Å². The fourth-order valence-electron chi connectivity index (χ4n) is 2.77. The van der Waals surface area contributed by atoms with E-state index in [1.54, 1.807) is 7.11 Å². The largest absolute Gasteiger partial charge is 0.496 e. The Morgan fingerprint density at radius 2 is 2.16 bits per heavy atom. The van der Waals surface area contributed by atoms with Gasteiger partial charge in [0, 0.05) is 24.4 Å². The smallest absolute Gasteiger partial charge is 0.136 e. The van der Waals surface area contributed by atoms with Crippen molar-refractivity contribution in [2.45, 2.75) is 32.2 Å². The molecule has 2 rings (SSSR count). The lowest BCUT2D eigenvalue weighted by atomic mass is 10.0. The Hall–Kier alpha value is -1.35. The van der Waals surface area contributed by atoms with Gasteiger partial charge in [0.05, 0.1) is 7.11 Å². The average Bonchev–Trinajstić information content (AvgIpc) is 2.82. The van der Waals surface area contributed by atoms with Gasteiger partial charge in [0.2, 0.25) is 0 Å². The minimum Gasteiger partial charge on any atom is -0.496 e. The Kier molecular flexibility index (Phi) is 4.97. The zero-order valence-corrected chi connectivity index (χ0v) is 11.9. The maximum atomic E-state index is 11.6. The molecule has 1 atom stereocenters. The number of hydrogen-bond donors (Lipinski definition) is 0. The quantitative estimate of drug-likeness (QED) is 0.788. The highest BCUT2D eigenvalue weighted by molar-refractivity contribution is 5.82. The molecule has 0 amide bonds. The molecule has 0 N–H and O–H groups in total. The molecule has 0 saturated heterocycles. The maximum absolute atomic E-state index is 11.6. The lowest BCUT2D eigenvalue weighted by Gasteiger charge is -2.19. The third-order valence-electron chi connectivity index (χ3n) is 3.92. The molecule has 0 spiro atoms. The number of hydrogen-bond acceptors (Lipinski definition) is 3. The molecule has 1 aromatic carbocycles. The van der Waals surface area contributed by atoms with Gasteiger partial charge in [-0.2, -0.15) is 0 Å². The first-order valence-corrected chi connectivity index (χ1v) is 7.04. The second-order valence-corrected chi connectivity index (χ2v) is 5.39. The number of rotatable bonds is 6. The number of Topliss-reactive ketones (excluding diaryl/α,β-unsaturated/α-hetero) is 1. The van der Waals surface area contributed by atoms with Crippen LogP contribution in [0.25, 0.3) is 0 Å². The van der Waals surface area contributed by atoms with E-state index in [9.17, 15) is 4.79 Å². The van der Waals surface area contributed by atoms with Crippen LogP contribution in [0.5, 0.6) is 5.75 Å². The third-order valence-corrected chi connectivity index (χ3v) is 3.92. The molecule has 0 bridgehead atoms. The van der Waals surface area contributed by atoms with Crippen LogP contribution < -0.4 is 4.74 Å². The molecule has 1 fully saturated rings. The van der Waals surface area contributed by atoms with E-state index in [0.29, 0.717) is 11.7 Å². The highest BCUT2D eigenvalue weighted by Gasteiger charge is 2.24. The molecule has 1 aliphatic rings. The van der Waals surface area contributed by atoms with Crippen LogP contribution in [0.15, 0.2) is 24.3 Å². The number of ketones is 1. The SMILES string of the molecule is COc1ccccc1CN(C)CCC1CCCC1=O. The van der Waals surface area contributed by atoms with E-state index in [-0.39, 0.29) is 0 Å². The normalized spacial score (nSPS) is 19.1. The topological polar surface area (TPSA) is 29.5 Å². The minimum absolute atomic E-state index is 0.306. The van der Waals surface area contributed by atoms with Gasteiger partial charge in [0.15, 0.2) is 0 Å². The van der Waals surface area contributed by atoms with Crippen molar-refractivity contribution in [1.29, 1.82) is 0 Å². The first-order valence-electron chi connectivity index (χ1n) is 7.04. The number of methoxy groups -OCH3 is 1. The monoisotopic (exact) mass is 261 g/mol. The van der Waals surface area contributed by atoms with Crippen LogP contribution in [-0.2, 0) is 11.3 Å². The van der Waals surface area contributed by atoms with E-state index in [2.05, 4.69) is 18.0 Å². The van der Waals surface area contributed by atoms with Gasteiger partial charge in [-0.1, -0.05) is 18.2 Å². The first-order chi connectivity index (χ1) is 9.20. The summed E-state index contributed by atoms with van der Waals surface area (Å²) in [6.45, 7) is 1.83. The van der Waals surface area contributed by atoms with E-state index in [4.69, 9.17) is 4.74 Å². The maximum Gasteiger partial charge on any atom is 0.136 e. The van der Waals surface area contributed by atoms with Crippen LogP contribution in [0, 0.1) is 5.92 Å². The highest BCUT2D eigenvalue weighted by Crippen LogP contribution is 2.25. The van der Waals surface area contributed by atoms with Crippen LogP contribution >= 0.6 is 0 Å². The summed E-state index contributed by atoms with van der Waals surface area (Å²) in [6, 6.07) is 8.10. The minimum atomic E-state index is 0.306. The molecule has 19 heavy (non-hydrogen) atoms. The second-order valence-electron chi connectivity index (χ2n) is 5.39. The van der Waals surface area contributed by atoms with E-state index in [1.165, 1.54) is 5.56 Å². The van der Waals surface area contributed by atoms with Crippen molar-refractivity contribution < 1.29 is 9.53 Å². The molecule has 0 heterocycles. The van der Waals surface area contributed by atoms with Crippen LogP contribution in [-0.4, -0.2) is 31.4 Å². The van der Waals surface area contributed by atoms with E-state index < -0.39 is 0 Å². The summed E-state index contributed by atoms with van der Waals surface area (Å²) in [5.74, 6) is 1.71. The molecule has 1 saturated carbocycles. The van der Waals surface area contributed by atoms with Crippen LogP contribution in [0.3, 0.4) is 0 Å². The molecular formula is C16H23NO2. The molecule has 0 aliphatic heterocycles. The highest BCUT2D eigenvalue weighted by atomic mass is 16.5. The van der Waals surface area contributed by atoms with Gasteiger partial charge in [-0.3, -0.25) is 4.79 Å². The van der Waals surface area contributed by atoms with E-state index in [0.717, 1.165) is 44.5 Å². The summed E-state index contributed by atoms with van der Waals surface area (Å²) in [6.07, 6.45) is 3.95. The predicted molar refractivity (Wildman–Crippen MR) is 76.3 cm³/mol. The number of ether oxygens (including phenoxy) is 1. The molecule has 0 radical (unpaired) electrons. The van der Waals surface area contributed by atoms with Crippen molar-refractivity contribution in [1.82, 2.24) is 4.90 Å². The summed E-state index contributed by atoms with van der Waals surface area (Å²) >= 11 is 0. The van der Waals surface area contributed by atoms with Crippen LogP contribution in [0.4, 0.5) is 0 Å². The van der Waals surface area contributed by atoms with Crippen molar-refractivity contribution in [3.63, 3.8) is 0 Å². The summed E-state index contributed by atoms with van der Waals surface area (Å²) in [5, 5.41) is 0. The first kappa shape index (κ1) is 14.1. The number of benzene rings is 1. The van der Waals surface area contributed by atoms with Gasteiger partial charge in [0.1, 0.15) is 11.5 Å². The molecular weight excluding hydrogens is 238 g/mol. The zero-order valence-electron chi connectivity index (χ0n) is 11.9. The van der Waals surface area contributed by atoms with Crippen molar-refractivity contribution in [2.75, 3.05) is 20.7 Å². The molecule has 3 nitrogen and oxygen atoms in total. The van der Waals surface area contributed by atoms with Gasteiger partial charge < -0.3 is 9.64 Å². The summed E-state index contributed by atoms with van der Waals surface area (Å²) in [5.41, 5.74) is 1.20. The zero-order chi connectivity index (χ0) is 13.7. The van der Waals surface area contributed by atoms with Gasteiger partial charge in [-0.25, -0.2) is 0 Å². The lowest BCUT2D eigenvalue weighted by Crippen LogP contribution is -2.22. The summed E-state index contributed by atoms with van der Waals surface area (Å²) in [4.78, 5) is 13.9. The van der Waals surface area contributed by atoms with Crippen LogP contribution in [0.1, 0.15) is 31.2 Å². The fourth-order valence-corrected chi connectivity index (χ4v) is 2.77. The Balaban J connectivity index is 1.83. The van der Waals surface area contributed by atoms with Crippen LogP contribution in [0.2, 0.25) is 0 Å². The number of carbonyl (C=O) groups is 1. The molecule has 0 aromatic heterocycles. The van der Waals surface area contributed by atoms with E-state index in [1.807, 2.05) is 18.2 Å². The second kappa shape index (κ2) is 6.71. The number of carbonyl (C=O) groups excluding carboxylic acids is 1. The molecule has 3 heteroatoms. The number of nitrogens with zero attached hydrogens (tertiary/aromatic N) is 1. The Morgan fingerprint density at radius 1 is 1.37 bits per heavy atom. The summed E-state index contributed by atoms with van der Waals surface area (Å²) in [7, 11) is 3.81. The lowest BCUT2D eigenvalue weighted by molar-refractivity contribution is -0.120. The van der Waals surface area contributed by atoms with Crippen molar-refractivity contribution >= 4 is 5.78 Å². The fraction of sp³-hybridized carbons (Fsp3) is 0.562. The molecule has 104 valence electrons. The predicted octanol–water partition coefficient (Wildman–Crippen LogP) is 2.89. The molecule has 1 unspecified atom stereocenters. The van der Waals surface area contributed by atoms with Crippen molar-refractivity contribution in [3.05, 3.63) is 29.8 Å². The van der Waals surface area contributed by atoms with Crippen molar-refractivity contribution in [2.24, 2.45) is 5.92 Å². The van der Waals surface area contributed by atoms with Gasteiger partial charge in [0.25, 0.3) is 0 Å². The molecule has 1 aromatic rings. The average molecular weight is 261 g/mol. The Labute approximate surface area is 115 Å². The van der Waals surface area contributed by atoms with Gasteiger partial charge in [-0.15, -0.1) is 0 Å². The third kappa shape index (κ3) is 3.80.